The van der Waals surface area contributed by atoms with Crippen molar-refractivity contribution in [3.63, 3.8) is 0 Å². The highest BCUT2D eigenvalue weighted by atomic mass is 28.4. The number of nitrogens with zero attached hydrogens (tertiary/aromatic N) is 3. The lowest BCUT2D eigenvalue weighted by Crippen LogP contribution is -2.44. The largest absolute Gasteiger partial charge is 0.489 e. The molecule has 1 aromatic carbocycles. The van der Waals surface area contributed by atoms with Crippen LogP contribution < -0.4 is 9.64 Å². The van der Waals surface area contributed by atoms with Crippen LogP contribution in [0.25, 0.3) is 0 Å². The number of ether oxygens (including phenoxy) is 3. The van der Waals surface area contributed by atoms with Gasteiger partial charge in [0.25, 0.3) is 0 Å². The van der Waals surface area contributed by atoms with E-state index in [1.54, 1.807) is 13.8 Å². The zero-order chi connectivity index (χ0) is 27.6. The van der Waals surface area contributed by atoms with Crippen LogP contribution in [0.3, 0.4) is 0 Å². The lowest BCUT2D eigenvalue weighted by Gasteiger charge is -2.36. The van der Waals surface area contributed by atoms with Gasteiger partial charge in [-0.05, 0) is 51.2 Å². The van der Waals surface area contributed by atoms with Gasteiger partial charge in [0.1, 0.15) is 12.4 Å². The molecule has 2 rings (SSSR count). The Kier molecular flexibility index (Phi) is 11.6. The molecular formula is C27H45N3O6Si. The van der Waals surface area contributed by atoms with E-state index >= 15 is 0 Å². The molecule has 0 saturated carbocycles. The number of benzene rings is 1. The Morgan fingerprint density at radius 3 is 2.16 bits per heavy atom. The highest BCUT2D eigenvalue weighted by Crippen LogP contribution is 2.37. The van der Waals surface area contributed by atoms with Crippen molar-refractivity contribution in [2.75, 3.05) is 64.6 Å². The van der Waals surface area contributed by atoms with Gasteiger partial charge in [0.15, 0.2) is 14.2 Å². The average molecular weight is 536 g/mol. The summed E-state index contributed by atoms with van der Waals surface area (Å²) in [7, 11) is 0.244. The number of carbonyl (C=O) groups is 2. The molecule has 0 N–H and O–H groups in total. The molecule has 0 bridgehead atoms. The standard InChI is InChI=1S/C27H45N3O6Si/c1-9-33-25(31)22(26(32)34-10-2)20-28-21-11-12-23(30-15-13-29(6)14-16-30)24(19-21)35-17-18-36-37(7,8)27(3,4)5/h11-12,19-20,22H,9-10,13-18H2,1-8H3. The number of likely N-dealkylation sites (N-methyl/N-ethyl adjacent to an activating group) is 1. The number of hydrogen-bond donors (Lipinski definition) is 0. The van der Waals surface area contributed by atoms with Gasteiger partial charge in [-0.1, -0.05) is 20.8 Å². The molecular weight excluding hydrogens is 490 g/mol. The van der Waals surface area contributed by atoms with E-state index in [0.29, 0.717) is 24.7 Å². The van der Waals surface area contributed by atoms with Crippen molar-refractivity contribution < 1.29 is 28.2 Å². The maximum atomic E-state index is 12.3. The summed E-state index contributed by atoms with van der Waals surface area (Å²) < 4.78 is 22.6. The van der Waals surface area contributed by atoms with E-state index in [9.17, 15) is 9.59 Å². The van der Waals surface area contributed by atoms with Crippen LogP contribution in [0.15, 0.2) is 23.2 Å². The first-order valence-corrected chi connectivity index (χ1v) is 16.0. The van der Waals surface area contributed by atoms with Gasteiger partial charge < -0.3 is 28.4 Å². The summed E-state index contributed by atoms with van der Waals surface area (Å²) in [6, 6.07) is 5.67. The molecule has 1 aliphatic rings. The minimum Gasteiger partial charge on any atom is -0.489 e. The normalized spacial score (nSPS) is 15.3. The van der Waals surface area contributed by atoms with Gasteiger partial charge in [-0.3, -0.25) is 14.6 Å². The Hall–Kier alpha value is -2.43. The molecule has 9 nitrogen and oxygen atoms in total. The third-order valence-electron chi connectivity index (χ3n) is 6.85. The Morgan fingerprint density at radius 2 is 1.62 bits per heavy atom. The smallest absolute Gasteiger partial charge is 0.325 e. The summed E-state index contributed by atoms with van der Waals surface area (Å²) in [6.07, 6.45) is 1.28. The molecule has 10 heteroatoms. The van der Waals surface area contributed by atoms with Crippen LogP contribution in [0.2, 0.25) is 18.1 Å². The molecule has 0 atom stereocenters. The fourth-order valence-electron chi connectivity index (χ4n) is 3.51. The topological polar surface area (TPSA) is 89.9 Å². The Balaban J connectivity index is 2.24. The van der Waals surface area contributed by atoms with Crippen LogP contribution >= 0.6 is 0 Å². The molecule has 37 heavy (non-hydrogen) atoms. The number of aliphatic imine (C=N–C) groups is 1. The van der Waals surface area contributed by atoms with E-state index in [1.165, 1.54) is 6.21 Å². The summed E-state index contributed by atoms with van der Waals surface area (Å²) >= 11 is 0. The SMILES string of the molecule is CCOC(=O)C(C=Nc1ccc(N2CCN(C)CC2)c(OCCO[Si](C)(C)C(C)(C)C)c1)C(=O)OCC. The second-order valence-electron chi connectivity index (χ2n) is 10.7. The zero-order valence-electron chi connectivity index (χ0n) is 23.8. The van der Waals surface area contributed by atoms with Crippen LogP contribution in [0.4, 0.5) is 11.4 Å². The van der Waals surface area contributed by atoms with Crippen molar-refractivity contribution in [1.29, 1.82) is 0 Å². The van der Waals surface area contributed by atoms with Crippen molar-refractivity contribution in [1.82, 2.24) is 4.90 Å². The predicted octanol–water partition coefficient (Wildman–Crippen LogP) is 4.28. The van der Waals surface area contributed by atoms with Gasteiger partial charge in [0, 0.05) is 38.5 Å². The van der Waals surface area contributed by atoms with E-state index in [4.69, 9.17) is 18.6 Å². The number of piperazine rings is 1. The number of hydrogen-bond acceptors (Lipinski definition) is 9. The zero-order valence-corrected chi connectivity index (χ0v) is 24.8. The molecule has 1 saturated heterocycles. The van der Waals surface area contributed by atoms with Gasteiger partial charge in [-0.15, -0.1) is 0 Å². The van der Waals surface area contributed by atoms with E-state index in [-0.39, 0.29) is 18.3 Å². The highest BCUT2D eigenvalue weighted by Gasteiger charge is 2.37. The van der Waals surface area contributed by atoms with Crippen molar-refractivity contribution in [3.8, 4) is 5.75 Å². The molecule has 0 amide bonds. The molecule has 1 fully saturated rings. The lowest BCUT2D eigenvalue weighted by atomic mass is 10.1. The molecule has 0 aromatic heterocycles. The summed E-state index contributed by atoms with van der Waals surface area (Å²) in [4.78, 5) is 33.6. The van der Waals surface area contributed by atoms with Crippen LogP contribution in [-0.2, 0) is 23.5 Å². The van der Waals surface area contributed by atoms with E-state index in [0.717, 1.165) is 31.9 Å². The third-order valence-corrected chi connectivity index (χ3v) is 11.4. The lowest BCUT2D eigenvalue weighted by molar-refractivity contribution is -0.157. The highest BCUT2D eigenvalue weighted by molar-refractivity contribution is 6.74. The van der Waals surface area contributed by atoms with Gasteiger partial charge in [0.05, 0.1) is 31.2 Å². The summed E-state index contributed by atoms with van der Waals surface area (Å²) in [6.45, 7) is 19.4. The molecule has 1 heterocycles. The van der Waals surface area contributed by atoms with Crippen molar-refractivity contribution in [3.05, 3.63) is 18.2 Å². The molecule has 208 valence electrons. The Bertz CT molecular complexity index is 905. The molecule has 0 aliphatic carbocycles. The summed E-state index contributed by atoms with van der Waals surface area (Å²) in [5.74, 6) is -1.89. The van der Waals surface area contributed by atoms with Crippen LogP contribution in [0.5, 0.6) is 5.75 Å². The van der Waals surface area contributed by atoms with Crippen molar-refractivity contribution in [2.24, 2.45) is 10.9 Å². The van der Waals surface area contributed by atoms with Gasteiger partial charge >= 0.3 is 11.9 Å². The minimum absolute atomic E-state index is 0.126. The average Bonchev–Trinajstić information content (AvgIpc) is 2.82. The second kappa shape index (κ2) is 13.9. The quantitative estimate of drug-likeness (QED) is 0.129. The number of esters is 2. The van der Waals surface area contributed by atoms with Gasteiger partial charge in [-0.25, -0.2) is 0 Å². The first-order valence-electron chi connectivity index (χ1n) is 13.1. The van der Waals surface area contributed by atoms with Crippen LogP contribution in [-0.4, -0.2) is 91.0 Å². The van der Waals surface area contributed by atoms with E-state index < -0.39 is 26.2 Å². The molecule has 0 spiro atoms. The van der Waals surface area contributed by atoms with Crippen molar-refractivity contribution >= 4 is 37.8 Å². The van der Waals surface area contributed by atoms with E-state index in [1.807, 2.05) is 18.2 Å². The van der Waals surface area contributed by atoms with Crippen LogP contribution in [0, 0.1) is 5.92 Å². The Labute approximate surface area is 223 Å². The van der Waals surface area contributed by atoms with Gasteiger partial charge in [0.2, 0.25) is 0 Å². The fourth-order valence-corrected chi connectivity index (χ4v) is 4.54. The number of rotatable bonds is 12. The first kappa shape index (κ1) is 30.8. The van der Waals surface area contributed by atoms with Crippen LogP contribution in [0.1, 0.15) is 34.6 Å². The molecule has 1 aromatic rings. The fraction of sp³-hybridized carbons (Fsp3) is 0.667. The maximum Gasteiger partial charge on any atom is 0.325 e. The molecule has 0 radical (unpaired) electrons. The summed E-state index contributed by atoms with van der Waals surface area (Å²) in [5, 5.41) is 0.126. The number of carbonyl (C=O) groups excluding carboxylic acids is 2. The first-order chi connectivity index (χ1) is 17.4. The van der Waals surface area contributed by atoms with E-state index in [2.05, 4.69) is 55.7 Å². The monoisotopic (exact) mass is 535 g/mol. The Morgan fingerprint density at radius 1 is 1.03 bits per heavy atom. The van der Waals surface area contributed by atoms with Crippen molar-refractivity contribution in [2.45, 2.75) is 52.8 Å². The summed E-state index contributed by atoms with van der Waals surface area (Å²) in [5.41, 5.74) is 1.56. The minimum atomic E-state index is -1.88. The number of anilines is 1. The van der Waals surface area contributed by atoms with Gasteiger partial charge in [-0.2, -0.15) is 0 Å². The maximum absolute atomic E-state index is 12.3. The molecule has 1 aliphatic heterocycles. The molecule has 0 unspecified atom stereocenters. The third kappa shape index (κ3) is 9.12. The second-order valence-corrected chi connectivity index (χ2v) is 15.5. The predicted molar refractivity (Wildman–Crippen MR) is 150 cm³/mol.